The second-order valence-electron chi connectivity index (χ2n) is 7.54. The van der Waals surface area contributed by atoms with E-state index in [1.54, 1.807) is 0 Å². The molecule has 27 heavy (non-hydrogen) atoms. The highest BCUT2D eigenvalue weighted by Crippen LogP contribution is 2.46. The van der Waals surface area contributed by atoms with Gasteiger partial charge in [0.2, 0.25) is 0 Å². The Morgan fingerprint density at radius 2 is 1.59 bits per heavy atom. The molecular weight excluding hydrogens is 328 g/mol. The van der Waals surface area contributed by atoms with E-state index >= 15 is 0 Å². The van der Waals surface area contributed by atoms with Crippen molar-refractivity contribution in [1.29, 1.82) is 0 Å². The lowest BCUT2D eigenvalue weighted by atomic mass is 9.67. The van der Waals surface area contributed by atoms with Crippen molar-refractivity contribution < 1.29 is 0 Å². The summed E-state index contributed by atoms with van der Waals surface area (Å²) in [6, 6.07) is 26.2. The highest BCUT2D eigenvalue weighted by molar-refractivity contribution is 6.12. The summed E-state index contributed by atoms with van der Waals surface area (Å²) in [6.45, 7) is 6.35. The maximum Gasteiger partial charge on any atom is 0.0769 e. The Bertz CT molecular complexity index is 1050. The molecule has 0 aromatic heterocycles. The minimum Gasteiger partial charge on any atom is -0.278 e. The number of hydrogen-bond donors (Lipinski definition) is 1. The fraction of sp³-hybridized carbons (Fsp3) is 0.160. The summed E-state index contributed by atoms with van der Waals surface area (Å²) in [5.41, 5.74) is 13.0. The van der Waals surface area contributed by atoms with Crippen molar-refractivity contribution in [3.05, 3.63) is 113 Å². The minimum absolute atomic E-state index is 0.225. The Labute approximate surface area is 160 Å². The zero-order chi connectivity index (χ0) is 18.4. The van der Waals surface area contributed by atoms with Gasteiger partial charge in [-0.3, -0.25) is 5.43 Å². The fourth-order valence-electron chi connectivity index (χ4n) is 4.64. The number of hydrogen-bond acceptors (Lipinski definition) is 2. The maximum absolute atomic E-state index is 4.81. The van der Waals surface area contributed by atoms with Crippen LogP contribution in [0.15, 0.2) is 84.5 Å². The van der Waals surface area contributed by atoms with E-state index in [-0.39, 0.29) is 5.92 Å². The minimum atomic E-state index is 0.225. The van der Waals surface area contributed by atoms with Crippen LogP contribution >= 0.6 is 0 Å². The molecule has 0 saturated heterocycles. The maximum atomic E-state index is 4.81. The van der Waals surface area contributed by atoms with Crippen molar-refractivity contribution in [3.8, 4) is 0 Å². The Kier molecular flexibility index (Phi) is 3.71. The van der Waals surface area contributed by atoms with Gasteiger partial charge in [0.05, 0.1) is 11.4 Å². The highest BCUT2D eigenvalue weighted by atomic mass is 15.3. The molecule has 3 aromatic carbocycles. The number of nitrogens with zero attached hydrogens (tertiary/aromatic N) is 1. The van der Waals surface area contributed by atoms with Gasteiger partial charge in [-0.05, 0) is 36.1 Å². The Hall–Kier alpha value is -3.13. The molecule has 0 saturated carbocycles. The van der Waals surface area contributed by atoms with Crippen molar-refractivity contribution in [3.63, 3.8) is 0 Å². The van der Waals surface area contributed by atoms with Crippen LogP contribution in [0.4, 0.5) is 0 Å². The van der Waals surface area contributed by atoms with E-state index in [1.165, 1.54) is 33.4 Å². The van der Waals surface area contributed by atoms with Gasteiger partial charge in [0, 0.05) is 23.0 Å². The van der Waals surface area contributed by atoms with Crippen molar-refractivity contribution in [2.45, 2.75) is 25.2 Å². The average molecular weight is 350 g/mol. The van der Waals surface area contributed by atoms with E-state index in [0.29, 0.717) is 5.92 Å². The molecule has 0 amide bonds. The smallest absolute Gasteiger partial charge is 0.0769 e. The molecule has 1 aliphatic carbocycles. The Morgan fingerprint density at radius 3 is 2.30 bits per heavy atom. The summed E-state index contributed by atoms with van der Waals surface area (Å²) in [5.74, 6) is 0.589. The second kappa shape index (κ2) is 6.24. The lowest BCUT2D eigenvalue weighted by Crippen LogP contribution is -2.34. The average Bonchev–Trinajstić information content (AvgIpc) is 2.71. The molecule has 1 heterocycles. The van der Waals surface area contributed by atoms with Gasteiger partial charge in [-0.15, -0.1) is 0 Å². The van der Waals surface area contributed by atoms with E-state index in [4.69, 9.17) is 5.10 Å². The molecule has 2 heteroatoms. The van der Waals surface area contributed by atoms with Gasteiger partial charge in [0.1, 0.15) is 0 Å². The first-order valence-corrected chi connectivity index (χ1v) is 9.49. The van der Waals surface area contributed by atoms with Gasteiger partial charge >= 0.3 is 0 Å². The molecule has 0 fully saturated rings. The molecule has 3 aromatic rings. The number of rotatable bonds is 2. The lowest BCUT2D eigenvalue weighted by Gasteiger charge is -2.38. The Balaban J connectivity index is 1.76. The molecule has 0 bridgehead atoms. The quantitative estimate of drug-likeness (QED) is 0.658. The normalized spacial score (nSPS) is 20.5. The SMILES string of the molecule is C=C1NN=C2c3c(cc(C)cc31)CC(c1ccccc1)C2c1ccccc1. The van der Waals surface area contributed by atoms with E-state index in [9.17, 15) is 0 Å². The van der Waals surface area contributed by atoms with E-state index < -0.39 is 0 Å². The topological polar surface area (TPSA) is 24.4 Å². The number of aryl methyl sites for hydroxylation is 1. The van der Waals surface area contributed by atoms with Crippen LogP contribution in [-0.2, 0) is 6.42 Å². The van der Waals surface area contributed by atoms with E-state index in [1.807, 2.05) is 0 Å². The molecule has 0 spiro atoms. The molecule has 132 valence electrons. The standard InChI is InChI=1S/C25H22N2/c1-16-13-20-15-22(18-9-5-3-6-10-18)23(19-11-7-4-8-12-19)25-24(20)21(14-16)17(2)26-27-25/h3-14,22-23,26H,2,15H2,1H3. The summed E-state index contributed by atoms with van der Waals surface area (Å²) >= 11 is 0. The van der Waals surface area contributed by atoms with Crippen LogP contribution in [0.5, 0.6) is 0 Å². The van der Waals surface area contributed by atoms with Crippen LogP contribution in [0.3, 0.4) is 0 Å². The molecule has 2 nitrogen and oxygen atoms in total. The van der Waals surface area contributed by atoms with Crippen molar-refractivity contribution in [1.82, 2.24) is 5.43 Å². The first kappa shape index (κ1) is 16.1. The fourth-order valence-corrected chi connectivity index (χ4v) is 4.64. The third-order valence-corrected chi connectivity index (χ3v) is 5.78. The largest absolute Gasteiger partial charge is 0.278 e. The summed E-state index contributed by atoms with van der Waals surface area (Å²) in [6.07, 6.45) is 1.01. The van der Waals surface area contributed by atoms with Gasteiger partial charge in [0.25, 0.3) is 0 Å². The summed E-state index contributed by atoms with van der Waals surface area (Å²) < 4.78 is 0. The van der Waals surface area contributed by atoms with Gasteiger partial charge in [-0.1, -0.05) is 78.9 Å². The number of benzene rings is 3. The van der Waals surface area contributed by atoms with Gasteiger partial charge in [-0.25, -0.2) is 0 Å². The van der Waals surface area contributed by atoms with Crippen LogP contribution in [-0.4, -0.2) is 5.71 Å². The van der Waals surface area contributed by atoms with Crippen LogP contribution in [0.2, 0.25) is 0 Å². The predicted octanol–water partition coefficient (Wildman–Crippen LogP) is 5.40. The molecule has 2 unspecified atom stereocenters. The van der Waals surface area contributed by atoms with Crippen molar-refractivity contribution in [2.24, 2.45) is 5.10 Å². The first-order chi connectivity index (χ1) is 13.2. The summed E-state index contributed by atoms with van der Waals surface area (Å²) in [5, 5.41) is 4.81. The zero-order valence-electron chi connectivity index (χ0n) is 15.4. The van der Waals surface area contributed by atoms with Gasteiger partial charge in [-0.2, -0.15) is 5.10 Å². The summed E-state index contributed by atoms with van der Waals surface area (Å²) in [7, 11) is 0. The highest BCUT2D eigenvalue weighted by Gasteiger charge is 2.39. The number of hydrazone groups is 1. The van der Waals surface area contributed by atoms with Crippen LogP contribution in [0.25, 0.3) is 5.70 Å². The van der Waals surface area contributed by atoms with Crippen molar-refractivity contribution >= 4 is 11.4 Å². The first-order valence-electron chi connectivity index (χ1n) is 9.49. The summed E-state index contributed by atoms with van der Waals surface area (Å²) in [4.78, 5) is 0. The number of nitrogens with one attached hydrogen (secondary N) is 1. The molecule has 2 aliphatic rings. The lowest BCUT2D eigenvalue weighted by molar-refractivity contribution is 0.616. The van der Waals surface area contributed by atoms with E-state index in [0.717, 1.165) is 17.8 Å². The monoisotopic (exact) mass is 350 g/mol. The predicted molar refractivity (Wildman–Crippen MR) is 112 cm³/mol. The molecule has 0 radical (unpaired) electrons. The molecule has 1 N–H and O–H groups in total. The van der Waals surface area contributed by atoms with Gasteiger partial charge in [0.15, 0.2) is 0 Å². The molecule has 1 aliphatic heterocycles. The molecule has 5 rings (SSSR count). The molecule has 2 atom stereocenters. The van der Waals surface area contributed by atoms with Gasteiger partial charge < -0.3 is 0 Å². The van der Waals surface area contributed by atoms with E-state index in [2.05, 4.69) is 91.7 Å². The van der Waals surface area contributed by atoms with Crippen LogP contribution < -0.4 is 5.43 Å². The second-order valence-corrected chi connectivity index (χ2v) is 7.54. The third-order valence-electron chi connectivity index (χ3n) is 5.78. The van der Waals surface area contributed by atoms with Crippen molar-refractivity contribution in [2.75, 3.05) is 0 Å². The third kappa shape index (κ3) is 2.60. The molecular formula is C25H22N2. The zero-order valence-corrected chi connectivity index (χ0v) is 15.4. The van der Waals surface area contributed by atoms with Crippen LogP contribution in [0, 0.1) is 6.92 Å². The van der Waals surface area contributed by atoms with Crippen LogP contribution in [0.1, 0.15) is 45.2 Å². The Morgan fingerprint density at radius 1 is 0.926 bits per heavy atom.